The Kier molecular flexibility index (Phi) is 7.55. The van der Waals surface area contributed by atoms with E-state index >= 15 is 0 Å². The van der Waals surface area contributed by atoms with Crippen LogP contribution >= 0.6 is 12.4 Å². The van der Waals surface area contributed by atoms with E-state index in [4.69, 9.17) is 9.73 Å². The molecule has 0 fully saturated rings. The summed E-state index contributed by atoms with van der Waals surface area (Å²) in [5, 5.41) is 0. The fraction of sp³-hybridized carbons (Fsp3) is 0.409. The van der Waals surface area contributed by atoms with E-state index in [9.17, 15) is 0 Å². The van der Waals surface area contributed by atoms with E-state index in [0.717, 1.165) is 40.9 Å². The minimum absolute atomic E-state index is 0. The fourth-order valence-corrected chi connectivity index (χ4v) is 3.29. The van der Waals surface area contributed by atoms with E-state index in [0.29, 0.717) is 0 Å². The number of nitrogens with zero attached hydrogens (tertiary/aromatic N) is 1. The van der Waals surface area contributed by atoms with Gasteiger partial charge in [0.15, 0.2) is 0 Å². The van der Waals surface area contributed by atoms with Crippen molar-refractivity contribution in [3.05, 3.63) is 64.6 Å². The molecule has 1 aliphatic heterocycles. The Hall–Kier alpha value is -2.20. The summed E-state index contributed by atoms with van der Waals surface area (Å²) in [4.78, 5) is 11.4. The lowest BCUT2D eigenvalue weighted by Crippen LogP contribution is -1.93. The first-order valence-electron chi connectivity index (χ1n) is 9.45. The average Bonchev–Trinajstić information content (AvgIpc) is 3.32. The van der Waals surface area contributed by atoms with Crippen molar-refractivity contribution < 1.29 is 4.74 Å². The topological polar surface area (TPSA) is 53.2 Å². The number of halogens is 1. The van der Waals surface area contributed by atoms with Gasteiger partial charge in [0.25, 0.3) is 0 Å². The Labute approximate surface area is 168 Å². The lowest BCUT2D eigenvalue weighted by atomic mass is 10.0. The van der Waals surface area contributed by atoms with Crippen molar-refractivity contribution in [3.8, 4) is 0 Å². The first kappa shape index (κ1) is 21.1. The van der Waals surface area contributed by atoms with Crippen LogP contribution in [0.25, 0.3) is 6.08 Å². The van der Waals surface area contributed by atoms with E-state index in [1.165, 1.54) is 30.5 Å². The summed E-state index contributed by atoms with van der Waals surface area (Å²) in [7, 11) is 1.69. The molecule has 1 aliphatic rings. The number of aryl methyl sites for hydroxylation is 2. The third-order valence-electron chi connectivity index (χ3n) is 4.77. The highest BCUT2D eigenvalue weighted by Gasteiger charge is 2.17. The third-order valence-corrected chi connectivity index (χ3v) is 4.77. The van der Waals surface area contributed by atoms with Crippen LogP contribution in [0.5, 0.6) is 0 Å². The number of methoxy groups -OCH3 is 1. The van der Waals surface area contributed by atoms with Gasteiger partial charge in [-0.1, -0.05) is 26.7 Å². The molecule has 27 heavy (non-hydrogen) atoms. The predicted molar refractivity (Wildman–Crippen MR) is 116 cm³/mol. The Morgan fingerprint density at radius 2 is 2.07 bits per heavy atom. The molecule has 0 saturated heterocycles. The number of aliphatic imine (C=N–C) groups is 1. The molecule has 0 aliphatic carbocycles. The van der Waals surface area contributed by atoms with Gasteiger partial charge in [0.2, 0.25) is 0 Å². The lowest BCUT2D eigenvalue weighted by molar-refractivity contribution is 0.303. The fourth-order valence-electron chi connectivity index (χ4n) is 3.29. The van der Waals surface area contributed by atoms with Crippen LogP contribution in [0.2, 0.25) is 0 Å². The minimum Gasteiger partial charge on any atom is -0.494 e. The molecule has 0 saturated carbocycles. The number of ether oxygens (including phenoxy) is 1. The second kappa shape index (κ2) is 9.65. The van der Waals surface area contributed by atoms with Crippen LogP contribution in [0.4, 0.5) is 0 Å². The smallest absolute Gasteiger partial charge is 0.146 e. The van der Waals surface area contributed by atoms with Crippen LogP contribution in [0.1, 0.15) is 55.8 Å². The summed E-state index contributed by atoms with van der Waals surface area (Å²) >= 11 is 0. The van der Waals surface area contributed by atoms with Gasteiger partial charge in [-0.3, -0.25) is 0 Å². The summed E-state index contributed by atoms with van der Waals surface area (Å²) < 4.78 is 5.51. The van der Waals surface area contributed by atoms with Crippen LogP contribution in [-0.2, 0) is 11.2 Å². The molecule has 0 aromatic carbocycles. The van der Waals surface area contributed by atoms with Crippen molar-refractivity contribution in [2.75, 3.05) is 7.11 Å². The van der Waals surface area contributed by atoms with Crippen LogP contribution in [0.15, 0.2) is 46.9 Å². The Morgan fingerprint density at radius 3 is 2.74 bits per heavy atom. The molecule has 2 aromatic heterocycles. The number of aromatic amines is 2. The Balaban J connectivity index is 0.00000261. The zero-order chi connectivity index (χ0) is 18.5. The van der Waals surface area contributed by atoms with Gasteiger partial charge in [-0.2, -0.15) is 0 Å². The van der Waals surface area contributed by atoms with Crippen LogP contribution < -0.4 is 0 Å². The monoisotopic (exact) mass is 387 g/mol. The van der Waals surface area contributed by atoms with Crippen molar-refractivity contribution in [2.24, 2.45) is 10.9 Å². The maximum Gasteiger partial charge on any atom is 0.146 e. The summed E-state index contributed by atoms with van der Waals surface area (Å²) in [6.07, 6.45) is 10.9. The highest BCUT2D eigenvalue weighted by Crippen LogP contribution is 2.25. The summed E-state index contributed by atoms with van der Waals surface area (Å²) in [5.41, 5.74) is 6.47. The summed E-state index contributed by atoms with van der Waals surface area (Å²) in [6.45, 7) is 6.72. The van der Waals surface area contributed by atoms with Crippen molar-refractivity contribution in [3.63, 3.8) is 0 Å². The maximum atomic E-state index is 5.51. The van der Waals surface area contributed by atoms with Crippen molar-refractivity contribution in [1.29, 1.82) is 0 Å². The second-order valence-corrected chi connectivity index (χ2v) is 7.34. The number of nitrogens with one attached hydrogen (secondary N) is 2. The molecule has 2 N–H and O–H groups in total. The normalized spacial score (nSPS) is 15.1. The molecule has 2 aromatic rings. The van der Waals surface area contributed by atoms with E-state index in [1.54, 1.807) is 7.11 Å². The summed E-state index contributed by atoms with van der Waals surface area (Å²) in [5.74, 6) is 1.58. The molecular weight excluding hydrogens is 358 g/mol. The third kappa shape index (κ3) is 5.39. The molecule has 4 nitrogen and oxygen atoms in total. The molecule has 0 atom stereocenters. The lowest BCUT2D eigenvalue weighted by Gasteiger charge is -2.03. The molecule has 3 rings (SSSR count). The van der Waals surface area contributed by atoms with Gasteiger partial charge in [-0.05, 0) is 55.5 Å². The van der Waals surface area contributed by atoms with Crippen LogP contribution in [-0.4, -0.2) is 22.8 Å². The molecule has 146 valence electrons. The van der Waals surface area contributed by atoms with Gasteiger partial charge in [0.05, 0.1) is 18.5 Å². The SMILES string of the molecule is COC1=CC(c2ccc[nH]2)=N/C1=C\c1cc(CCCCC(C)C)c(C)[nH]1.Cl. The van der Waals surface area contributed by atoms with Gasteiger partial charge < -0.3 is 14.7 Å². The van der Waals surface area contributed by atoms with E-state index in [1.807, 2.05) is 24.4 Å². The van der Waals surface area contributed by atoms with Gasteiger partial charge in [0.1, 0.15) is 11.5 Å². The molecular formula is C22H30ClN3O. The first-order valence-corrected chi connectivity index (χ1v) is 9.45. The quantitative estimate of drug-likeness (QED) is 0.551. The van der Waals surface area contributed by atoms with E-state index < -0.39 is 0 Å². The number of unbranched alkanes of at least 4 members (excludes halogenated alkanes) is 1. The molecule has 3 heterocycles. The molecule has 5 heteroatoms. The molecule has 0 unspecified atom stereocenters. The molecule has 0 bridgehead atoms. The highest BCUT2D eigenvalue weighted by atomic mass is 35.5. The molecule has 0 radical (unpaired) electrons. The van der Waals surface area contributed by atoms with Crippen molar-refractivity contribution in [2.45, 2.75) is 46.5 Å². The van der Waals surface area contributed by atoms with Gasteiger partial charge in [-0.15, -0.1) is 12.4 Å². The maximum absolute atomic E-state index is 5.51. The van der Waals surface area contributed by atoms with Crippen LogP contribution in [0.3, 0.4) is 0 Å². The molecule has 0 amide bonds. The Bertz CT molecular complexity index is 826. The highest BCUT2D eigenvalue weighted by molar-refractivity contribution is 6.11. The minimum atomic E-state index is 0. The zero-order valence-corrected chi connectivity index (χ0v) is 17.5. The average molecular weight is 388 g/mol. The number of rotatable bonds is 8. The Morgan fingerprint density at radius 1 is 1.26 bits per heavy atom. The number of hydrogen-bond donors (Lipinski definition) is 2. The number of allylic oxidation sites excluding steroid dienone is 1. The van der Waals surface area contributed by atoms with Crippen molar-refractivity contribution >= 4 is 24.2 Å². The number of H-pyrrole nitrogens is 2. The van der Waals surface area contributed by atoms with E-state index in [2.05, 4.69) is 42.9 Å². The standard InChI is InChI=1S/C22H29N3O.ClH/c1-15(2)8-5-6-9-17-12-18(24-16(17)3)13-21-22(26-4)14-20(25-21)19-10-7-11-23-19;/h7,10-15,23-24H,5-6,8-9H2,1-4H3;1H/b21-13-;. The van der Waals surface area contributed by atoms with Crippen molar-refractivity contribution in [1.82, 2.24) is 9.97 Å². The molecule has 0 spiro atoms. The first-order chi connectivity index (χ1) is 12.6. The van der Waals surface area contributed by atoms with Gasteiger partial charge >= 0.3 is 0 Å². The predicted octanol–water partition coefficient (Wildman–Crippen LogP) is 5.82. The number of aromatic nitrogens is 2. The second-order valence-electron chi connectivity index (χ2n) is 7.34. The zero-order valence-electron chi connectivity index (χ0n) is 16.6. The largest absolute Gasteiger partial charge is 0.494 e. The summed E-state index contributed by atoms with van der Waals surface area (Å²) in [6, 6.07) is 6.23. The van der Waals surface area contributed by atoms with E-state index in [-0.39, 0.29) is 12.4 Å². The number of hydrogen-bond acceptors (Lipinski definition) is 2. The van der Waals surface area contributed by atoms with Crippen LogP contribution in [0, 0.1) is 12.8 Å². The van der Waals surface area contributed by atoms with Gasteiger partial charge in [-0.25, -0.2) is 4.99 Å². The van der Waals surface area contributed by atoms with Gasteiger partial charge in [0, 0.05) is 23.7 Å².